The Balaban J connectivity index is 3.92. The van der Waals surface area contributed by atoms with E-state index in [1.807, 2.05) is 0 Å². The second kappa shape index (κ2) is 71.6. The molecule has 0 rings (SSSR count). The third-order valence-corrected chi connectivity index (χ3v) is 16.5. The molecule has 1 atom stereocenters. The van der Waals surface area contributed by atoms with Crippen molar-refractivity contribution in [2.45, 2.75) is 399 Å². The van der Waals surface area contributed by atoms with Crippen molar-refractivity contribution in [1.82, 2.24) is 0 Å². The topological polar surface area (TPSA) is 78.9 Å². The molecule has 0 saturated heterocycles. The minimum absolute atomic E-state index is 0.0705. The number of allylic oxidation sites excluding steroid dienone is 10. The van der Waals surface area contributed by atoms with Crippen molar-refractivity contribution in [2.75, 3.05) is 13.2 Å². The second-order valence-electron chi connectivity index (χ2n) is 24.9. The fourth-order valence-electron chi connectivity index (χ4n) is 11.0. The van der Waals surface area contributed by atoms with Gasteiger partial charge in [0.05, 0.1) is 0 Å². The van der Waals surface area contributed by atoms with E-state index in [4.69, 9.17) is 14.2 Å². The smallest absolute Gasteiger partial charge is 0.306 e. The molecule has 0 aromatic rings. The summed E-state index contributed by atoms with van der Waals surface area (Å²) in [7, 11) is 0. The summed E-state index contributed by atoms with van der Waals surface area (Å²) in [5.74, 6) is -0.865. The summed E-state index contributed by atoms with van der Waals surface area (Å²) in [6.45, 7) is 6.59. The van der Waals surface area contributed by atoms with Crippen molar-refractivity contribution in [1.29, 1.82) is 0 Å². The van der Waals surface area contributed by atoms with Crippen LogP contribution in [0.15, 0.2) is 60.8 Å². The number of unbranched alkanes of at least 4 members (excludes halogenated alkanes) is 47. The summed E-state index contributed by atoms with van der Waals surface area (Å²) in [4.78, 5) is 38.1. The van der Waals surface area contributed by atoms with Crippen molar-refractivity contribution in [3.8, 4) is 0 Å². The molecule has 0 fully saturated rings. The predicted molar refractivity (Wildman–Crippen MR) is 362 cm³/mol. The van der Waals surface area contributed by atoms with Crippen molar-refractivity contribution in [3.63, 3.8) is 0 Å². The van der Waals surface area contributed by atoms with Gasteiger partial charge < -0.3 is 14.2 Å². The average Bonchev–Trinajstić information content (AvgIpc) is 3.49. The first-order chi connectivity index (χ1) is 41.0. The second-order valence-corrected chi connectivity index (χ2v) is 24.9. The number of hydrogen-bond donors (Lipinski definition) is 0. The number of ether oxygens (including phenoxy) is 3. The van der Waals surface area contributed by atoms with E-state index in [2.05, 4.69) is 81.5 Å². The fraction of sp³-hybridized carbons (Fsp3) is 0.831. The van der Waals surface area contributed by atoms with Gasteiger partial charge in [0.2, 0.25) is 0 Å². The SMILES string of the molecule is CCCCCCC/C=C\C/C=C\C/C=C\CCCCCCCCCCCCCCC(=O)OC(COC(=O)CCCCCCC)COC(=O)CCCCCCCCCCCCCCCCCCCCCCC/C=C\C/C=C\CCCCCCC. The maximum absolute atomic E-state index is 12.9. The summed E-state index contributed by atoms with van der Waals surface area (Å²) in [5, 5.41) is 0. The molecule has 6 nitrogen and oxygen atoms in total. The fourth-order valence-corrected chi connectivity index (χ4v) is 11.0. The van der Waals surface area contributed by atoms with Crippen LogP contribution in [-0.4, -0.2) is 37.2 Å². The summed E-state index contributed by atoms with van der Waals surface area (Å²) >= 11 is 0. The molecule has 484 valence electrons. The van der Waals surface area contributed by atoms with Crippen LogP contribution in [-0.2, 0) is 28.6 Å². The lowest BCUT2D eigenvalue weighted by atomic mass is 10.0. The van der Waals surface area contributed by atoms with Crippen molar-refractivity contribution >= 4 is 17.9 Å². The molecule has 6 heteroatoms. The van der Waals surface area contributed by atoms with Crippen LogP contribution in [0.3, 0.4) is 0 Å². The van der Waals surface area contributed by atoms with Crippen LogP contribution in [0.2, 0.25) is 0 Å². The molecular formula is C77H140O6. The molecule has 0 spiro atoms. The van der Waals surface area contributed by atoms with Crippen LogP contribution < -0.4 is 0 Å². The Bertz CT molecular complexity index is 1470. The van der Waals surface area contributed by atoms with E-state index in [1.165, 1.54) is 270 Å². The highest BCUT2D eigenvalue weighted by Crippen LogP contribution is 2.18. The molecule has 0 N–H and O–H groups in total. The summed E-state index contributed by atoms with van der Waals surface area (Å²) in [6, 6.07) is 0. The van der Waals surface area contributed by atoms with Gasteiger partial charge in [0.1, 0.15) is 13.2 Å². The van der Waals surface area contributed by atoms with Crippen LogP contribution in [0.4, 0.5) is 0 Å². The summed E-state index contributed by atoms with van der Waals surface area (Å²) in [6.07, 6.45) is 93.2. The normalized spacial score (nSPS) is 12.4. The summed E-state index contributed by atoms with van der Waals surface area (Å²) < 4.78 is 16.8. The largest absolute Gasteiger partial charge is 0.462 e. The van der Waals surface area contributed by atoms with Gasteiger partial charge in [-0.3, -0.25) is 14.4 Å². The van der Waals surface area contributed by atoms with Crippen LogP contribution in [0.1, 0.15) is 393 Å². The Morgan fingerprint density at radius 2 is 0.434 bits per heavy atom. The quantitative estimate of drug-likeness (QED) is 0.0261. The number of esters is 3. The van der Waals surface area contributed by atoms with Crippen molar-refractivity contribution in [2.24, 2.45) is 0 Å². The molecule has 0 aliphatic rings. The van der Waals surface area contributed by atoms with E-state index in [9.17, 15) is 14.4 Å². The third kappa shape index (κ3) is 69.8. The van der Waals surface area contributed by atoms with E-state index < -0.39 is 6.10 Å². The minimum atomic E-state index is -0.771. The van der Waals surface area contributed by atoms with E-state index in [1.54, 1.807) is 0 Å². The molecule has 1 unspecified atom stereocenters. The Kier molecular flexibility index (Phi) is 69.1. The van der Waals surface area contributed by atoms with Crippen molar-refractivity contribution < 1.29 is 28.6 Å². The average molecular weight is 1160 g/mol. The van der Waals surface area contributed by atoms with Gasteiger partial charge in [0.15, 0.2) is 6.10 Å². The number of carbonyl (C=O) groups excluding carboxylic acids is 3. The van der Waals surface area contributed by atoms with Gasteiger partial charge in [-0.25, -0.2) is 0 Å². The standard InChI is InChI=1S/C77H140O6/c1-4-7-10-13-15-17-19-21-23-25-27-29-31-33-35-36-37-38-39-40-42-43-45-47-49-51-53-55-57-59-61-64-67-70-76(79)82-73-74(72-81-75(78)69-66-63-12-9-6-3)83-77(80)71-68-65-62-60-58-56-54-52-50-48-46-44-41-34-32-30-28-26-24-22-20-18-16-14-11-8-5-2/h19-22,25-28,32,34,74H,4-18,23-24,29-31,33,35-73H2,1-3H3/b21-19-,22-20-,27-25-,28-26-,34-32-. The lowest BCUT2D eigenvalue weighted by Crippen LogP contribution is -2.30. The molecule has 0 aliphatic carbocycles. The zero-order chi connectivity index (χ0) is 59.9. The Morgan fingerprint density at radius 3 is 0.675 bits per heavy atom. The van der Waals surface area contributed by atoms with Crippen LogP contribution in [0.25, 0.3) is 0 Å². The molecule has 83 heavy (non-hydrogen) atoms. The van der Waals surface area contributed by atoms with E-state index in [0.29, 0.717) is 19.3 Å². The van der Waals surface area contributed by atoms with Gasteiger partial charge in [0.25, 0.3) is 0 Å². The minimum Gasteiger partial charge on any atom is -0.462 e. The first-order valence-corrected chi connectivity index (χ1v) is 36.8. The predicted octanol–water partition coefficient (Wildman–Crippen LogP) is 25.5. The van der Waals surface area contributed by atoms with Crippen LogP contribution >= 0.6 is 0 Å². The number of rotatable bonds is 68. The molecule has 0 heterocycles. The molecule has 0 radical (unpaired) electrons. The van der Waals surface area contributed by atoms with Gasteiger partial charge in [-0.05, 0) is 89.9 Å². The molecule has 0 amide bonds. The Hall–Kier alpha value is -2.89. The highest BCUT2D eigenvalue weighted by molar-refractivity contribution is 5.71. The zero-order valence-corrected chi connectivity index (χ0v) is 55.7. The molecule has 0 aliphatic heterocycles. The van der Waals surface area contributed by atoms with Gasteiger partial charge >= 0.3 is 17.9 Å². The summed E-state index contributed by atoms with van der Waals surface area (Å²) in [5.41, 5.74) is 0. The van der Waals surface area contributed by atoms with Gasteiger partial charge in [0, 0.05) is 19.3 Å². The van der Waals surface area contributed by atoms with Crippen molar-refractivity contribution in [3.05, 3.63) is 60.8 Å². The Labute approximate surface area is 517 Å². The van der Waals surface area contributed by atoms with Crippen LogP contribution in [0.5, 0.6) is 0 Å². The highest BCUT2D eigenvalue weighted by Gasteiger charge is 2.19. The monoisotopic (exact) mass is 1160 g/mol. The lowest BCUT2D eigenvalue weighted by Gasteiger charge is -2.18. The first-order valence-electron chi connectivity index (χ1n) is 36.8. The maximum Gasteiger partial charge on any atom is 0.306 e. The number of hydrogen-bond acceptors (Lipinski definition) is 6. The maximum atomic E-state index is 12.9. The van der Waals surface area contributed by atoms with Gasteiger partial charge in [-0.1, -0.05) is 345 Å². The molecule has 0 aromatic carbocycles. The lowest BCUT2D eigenvalue weighted by molar-refractivity contribution is -0.167. The highest BCUT2D eigenvalue weighted by atomic mass is 16.6. The molecular weight excluding hydrogens is 1020 g/mol. The van der Waals surface area contributed by atoms with E-state index >= 15 is 0 Å². The molecule has 0 saturated carbocycles. The van der Waals surface area contributed by atoms with Crippen LogP contribution in [0, 0.1) is 0 Å². The van der Waals surface area contributed by atoms with E-state index in [0.717, 1.165) is 83.5 Å². The number of carbonyl (C=O) groups is 3. The zero-order valence-electron chi connectivity index (χ0n) is 55.7. The first kappa shape index (κ1) is 80.1. The van der Waals surface area contributed by atoms with E-state index in [-0.39, 0.29) is 31.1 Å². The van der Waals surface area contributed by atoms with Gasteiger partial charge in [-0.15, -0.1) is 0 Å². The third-order valence-electron chi connectivity index (χ3n) is 16.5. The molecule has 0 aromatic heterocycles. The van der Waals surface area contributed by atoms with Gasteiger partial charge in [-0.2, -0.15) is 0 Å². The Morgan fingerprint density at radius 1 is 0.241 bits per heavy atom. The molecule has 0 bridgehead atoms.